The van der Waals surface area contributed by atoms with Crippen LogP contribution in [0.2, 0.25) is 0 Å². The summed E-state index contributed by atoms with van der Waals surface area (Å²) in [6, 6.07) is 20.7. The van der Waals surface area contributed by atoms with Crippen molar-refractivity contribution in [2.45, 2.75) is 17.4 Å². The standard InChI is InChI=1S/C21H18N4O2S/c22-28(26,27)16-10-8-15(9-11-16)25-21(19-7-3-4-12-23-19)18-13-14-5-1-2-6-17(14)20(18)24-25/h1-12,18,21H,13H2,(H2,22,26,27). The molecule has 2 aromatic carbocycles. The van der Waals surface area contributed by atoms with E-state index in [1.807, 2.05) is 29.3 Å². The molecule has 0 amide bonds. The summed E-state index contributed by atoms with van der Waals surface area (Å²) in [6.07, 6.45) is 2.69. The molecule has 140 valence electrons. The van der Waals surface area contributed by atoms with Crippen LogP contribution in [0.4, 0.5) is 5.69 Å². The summed E-state index contributed by atoms with van der Waals surface area (Å²) >= 11 is 0. The maximum Gasteiger partial charge on any atom is 0.238 e. The summed E-state index contributed by atoms with van der Waals surface area (Å²) in [7, 11) is -3.73. The van der Waals surface area contributed by atoms with Gasteiger partial charge in [0.25, 0.3) is 0 Å². The minimum absolute atomic E-state index is 0.0519. The second-order valence-electron chi connectivity index (χ2n) is 7.04. The summed E-state index contributed by atoms with van der Waals surface area (Å²) in [5, 5.41) is 12.1. The van der Waals surface area contributed by atoms with E-state index >= 15 is 0 Å². The number of pyridine rings is 1. The third-order valence-corrected chi connectivity index (χ3v) is 6.29. The molecule has 2 heterocycles. The molecule has 1 aliphatic heterocycles. The van der Waals surface area contributed by atoms with Crippen LogP contribution in [0.25, 0.3) is 0 Å². The predicted molar refractivity (Wildman–Crippen MR) is 107 cm³/mol. The zero-order valence-electron chi connectivity index (χ0n) is 14.9. The van der Waals surface area contributed by atoms with Crippen LogP contribution in [0.3, 0.4) is 0 Å². The Hall–Kier alpha value is -3.03. The van der Waals surface area contributed by atoms with E-state index in [1.165, 1.54) is 23.3 Å². The van der Waals surface area contributed by atoms with E-state index in [9.17, 15) is 8.42 Å². The third kappa shape index (κ3) is 2.71. The van der Waals surface area contributed by atoms with E-state index in [-0.39, 0.29) is 16.9 Å². The highest BCUT2D eigenvalue weighted by molar-refractivity contribution is 7.89. The quantitative estimate of drug-likeness (QED) is 0.745. The van der Waals surface area contributed by atoms with Gasteiger partial charge >= 0.3 is 0 Å². The van der Waals surface area contributed by atoms with Crippen LogP contribution in [0.5, 0.6) is 0 Å². The SMILES string of the molecule is NS(=O)(=O)c1ccc(N2N=C3c4ccccc4CC3C2c2ccccn2)cc1. The number of primary sulfonamides is 1. The molecule has 6 nitrogen and oxygen atoms in total. The minimum atomic E-state index is -3.73. The van der Waals surface area contributed by atoms with E-state index in [4.69, 9.17) is 10.2 Å². The molecule has 0 saturated heterocycles. The smallest absolute Gasteiger partial charge is 0.238 e. The van der Waals surface area contributed by atoms with Gasteiger partial charge in [-0.1, -0.05) is 30.3 Å². The Bertz CT molecular complexity index is 1170. The van der Waals surface area contributed by atoms with Gasteiger partial charge in [0.2, 0.25) is 10.0 Å². The van der Waals surface area contributed by atoms with Crippen molar-refractivity contribution in [1.29, 1.82) is 0 Å². The average molecular weight is 390 g/mol. The van der Waals surface area contributed by atoms with Gasteiger partial charge in [-0.25, -0.2) is 13.6 Å². The number of benzene rings is 2. The molecule has 1 aliphatic carbocycles. The van der Waals surface area contributed by atoms with Crippen molar-refractivity contribution < 1.29 is 8.42 Å². The Morgan fingerprint density at radius 2 is 1.71 bits per heavy atom. The molecule has 2 atom stereocenters. The molecule has 0 spiro atoms. The van der Waals surface area contributed by atoms with Crippen LogP contribution >= 0.6 is 0 Å². The van der Waals surface area contributed by atoms with Gasteiger partial charge < -0.3 is 0 Å². The summed E-state index contributed by atoms with van der Waals surface area (Å²) < 4.78 is 23.1. The third-order valence-electron chi connectivity index (χ3n) is 5.37. The maximum atomic E-state index is 11.6. The highest BCUT2D eigenvalue weighted by atomic mass is 32.2. The normalized spacial score (nSPS) is 20.6. The Labute approximate surface area is 163 Å². The zero-order valence-corrected chi connectivity index (χ0v) is 15.8. The summed E-state index contributed by atoms with van der Waals surface area (Å²) in [4.78, 5) is 4.67. The number of nitrogens with two attached hydrogens (primary N) is 1. The molecule has 2 aliphatic rings. The maximum absolute atomic E-state index is 11.6. The number of anilines is 1. The Kier molecular flexibility index (Phi) is 3.82. The van der Waals surface area contributed by atoms with Gasteiger partial charge in [-0.15, -0.1) is 0 Å². The molecule has 2 N–H and O–H groups in total. The number of hydrazone groups is 1. The first-order valence-electron chi connectivity index (χ1n) is 9.02. The van der Waals surface area contributed by atoms with Gasteiger partial charge in [0, 0.05) is 17.7 Å². The van der Waals surface area contributed by atoms with Gasteiger partial charge in [-0.2, -0.15) is 5.10 Å². The first-order valence-corrected chi connectivity index (χ1v) is 10.6. The lowest BCUT2D eigenvalue weighted by Crippen LogP contribution is -2.26. The second-order valence-corrected chi connectivity index (χ2v) is 8.60. The number of rotatable bonds is 3. The monoisotopic (exact) mass is 390 g/mol. The molecule has 0 fully saturated rings. The number of aromatic nitrogens is 1. The molecule has 0 radical (unpaired) electrons. The van der Waals surface area contributed by atoms with Crippen LogP contribution in [-0.2, 0) is 16.4 Å². The average Bonchev–Trinajstić information content (AvgIpc) is 3.24. The topological polar surface area (TPSA) is 88.7 Å². The fourth-order valence-corrected chi connectivity index (χ4v) is 4.62. The number of nitrogens with zero attached hydrogens (tertiary/aromatic N) is 3. The Morgan fingerprint density at radius 3 is 2.43 bits per heavy atom. The van der Waals surface area contributed by atoms with Crippen LogP contribution in [0, 0.1) is 5.92 Å². The van der Waals surface area contributed by atoms with Crippen molar-refractivity contribution in [1.82, 2.24) is 4.98 Å². The lowest BCUT2D eigenvalue weighted by Gasteiger charge is -2.27. The lowest BCUT2D eigenvalue weighted by molar-refractivity contribution is 0.543. The molecule has 5 rings (SSSR count). The van der Waals surface area contributed by atoms with Crippen LogP contribution in [0.15, 0.2) is 82.9 Å². The van der Waals surface area contributed by atoms with Crippen molar-refractivity contribution in [3.63, 3.8) is 0 Å². The van der Waals surface area contributed by atoms with Crippen molar-refractivity contribution >= 4 is 21.4 Å². The largest absolute Gasteiger partial charge is 0.259 e. The molecule has 3 aromatic rings. The van der Waals surface area contributed by atoms with Crippen molar-refractivity contribution in [3.05, 3.63) is 89.7 Å². The minimum Gasteiger partial charge on any atom is -0.259 e. The zero-order chi connectivity index (χ0) is 19.3. The Morgan fingerprint density at radius 1 is 0.964 bits per heavy atom. The molecule has 2 unspecified atom stereocenters. The van der Waals surface area contributed by atoms with Crippen molar-refractivity contribution in [2.24, 2.45) is 16.2 Å². The molecule has 28 heavy (non-hydrogen) atoms. The molecular formula is C21H18N4O2S. The van der Waals surface area contributed by atoms with E-state index < -0.39 is 10.0 Å². The van der Waals surface area contributed by atoms with Crippen LogP contribution in [0.1, 0.15) is 22.9 Å². The van der Waals surface area contributed by atoms with E-state index in [1.54, 1.807) is 18.3 Å². The number of fused-ring (bicyclic) bond motifs is 3. The van der Waals surface area contributed by atoms with E-state index in [2.05, 4.69) is 23.2 Å². The summed E-state index contributed by atoms with van der Waals surface area (Å²) in [5.74, 6) is 0.199. The summed E-state index contributed by atoms with van der Waals surface area (Å²) in [6.45, 7) is 0. The predicted octanol–water partition coefficient (Wildman–Crippen LogP) is 2.87. The number of hydrogen-bond donors (Lipinski definition) is 1. The second kappa shape index (κ2) is 6.25. The van der Waals surface area contributed by atoms with Gasteiger partial charge in [-0.3, -0.25) is 9.99 Å². The van der Waals surface area contributed by atoms with Crippen LogP contribution < -0.4 is 10.1 Å². The van der Waals surface area contributed by atoms with Gasteiger partial charge in [0.1, 0.15) is 6.04 Å². The van der Waals surface area contributed by atoms with Crippen LogP contribution in [-0.4, -0.2) is 19.1 Å². The first kappa shape index (κ1) is 17.1. The highest BCUT2D eigenvalue weighted by Crippen LogP contribution is 2.45. The molecule has 1 aromatic heterocycles. The van der Waals surface area contributed by atoms with E-state index in [0.29, 0.717) is 0 Å². The molecule has 0 saturated carbocycles. The highest BCUT2D eigenvalue weighted by Gasteiger charge is 2.44. The molecule has 7 heteroatoms. The van der Waals surface area contributed by atoms with Gasteiger partial charge in [0.15, 0.2) is 0 Å². The number of sulfonamides is 1. The van der Waals surface area contributed by atoms with Crippen molar-refractivity contribution in [2.75, 3.05) is 5.01 Å². The lowest BCUT2D eigenvalue weighted by atomic mass is 9.93. The van der Waals surface area contributed by atoms with Gasteiger partial charge in [-0.05, 0) is 48.4 Å². The molecular weight excluding hydrogens is 372 g/mol. The fourth-order valence-electron chi connectivity index (χ4n) is 4.11. The van der Waals surface area contributed by atoms with Crippen molar-refractivity contribution in [3.8, 4) is 0 Å². The summed E-state index contributed by atoms with van der Waals surface area (Å²) in [5.41, 5.74) is 5.28. The van der Waals surface area contributed by atoms with E-state index in [0.717, 1.165) is 23.5 Å². The number of hydrogen-bond acceptors (Lipinski definition) is 5. The fraction of sp³-hybridized carbons (Fsp3) is 0.143. The van der Waals surface area contributed by atoms with Gasteiger partial charge in [0.05, 0.1) is 22.0 Å². The first-order chi connectivity index (χ1) is 13.5. The molecule has 0 bridgehead atoms. The Balaban J connectivity index is 1.62.